The number of thioether (sulfide) groups is 1. The molecule has 19 heavy (non-hydrogen) atoms. The molecule has 0 aliphatic rings. The Labute approximate surface area is 126 Å². The number of aromatic nitrogens is 2. The van der Waals surface area contributed by atoms with Crippen LogP contribution in [0.25, 0.3) is 0 Å². The summed E-state index contributed by atoms with van der Waals surface area (Å²) in [6.45, 7) is 9.48. The molecule has 1 rings (SSSR count). The molecule has 5 heteroatoms. The summed E-state index contributed by atoms with van der Waals surface area (Å²) in [6.07, 6.45) is 1.68. The summed E-state index contributed by atoms with van der Waals surface area (Å²) in [7, 11) is 0. The second-order valence-electron chi connectivity index (χ2n) is 5.27. The van der Waals surface area contributed by atoms with E-state index in [9.17, 15) is 0 Å². The van der Waals surface area contributed by atoms with Crippen LogP contribution in [0.2, 0.25) is 5.02 Å². The first-order valence-corrected chi connectivity index (χ1v) is 8.60. The van der Waals surface area contributed by atoms with Crippen LogP contribution < -0.4 is 5.73 Å². The second-order valence-corrected chi connectivity index (χ2v) is 6.73. The van der Waals surface area contributed by atoms with E-state index >= 15 is 0 Å². The minimum atomic E-state index is 0.146. The highest BCUT2D eigenvalue weighted by Gasteiger charge is 2.17. The predicted molar refractivity (Wildman–Crippen MR) is 86.1 cm³/mol. The zero-order valence-electron chi connectivity index (χ0n) is 12.4. The van der Waals surface area contributed by atoms with Gasteiger partial charge in [0.2, 0.25) is 0 Å². The van der Waals surface area contributed by atoms with Gasteiger partial charge in [0.1, 0.15) is 0 Å². The fourth-order valence-corrected chi connectivity index (χ4v) is 3.35. The van der Waals surface area contributed by atoms with E-state index in [2.05, 4.69) is 32.8 Å². The Bertz CT molecular complexity index is 390. The number of rotatable bonds is 8. The molecule has 0 saturated heterocycles. The molecular weight excluding hydrogens is 278 g/mol. The third kappa shape index (κ3) is 5.01. The zero-order chi connectivity index (χ0) is 14.4. The Balaban J connectivity index is 2.62. The number of hydrogen-bond donors (Lipinski definition) is 1. The minimum absolute atomic E-state index is 0.146. The highest BCUT2D eigenvalue weighted by Crippen LogP contribution is 2.23. The smallest absolute Gasteiger partial charge is 0.0850 e. The largest absolute Gasteiger partial charge is 0.327 e. The summed E-state index contributed by atoms with van der Waals surface area (Å²) in [5.41, 5.74) is 8.30. The Kier molecular flexibility index (Phi) is 7.26. The summed E-state index contributed by atoms with van der Waals surface area (Å²) < 4.78 is 1.99. The molecule has 0 saturated carbocycles. The Morgan fingerprint density at radius 3 is 2.53 bits per heavy atom. The van der Waals surface area contributed by atoms with Crippen molar-refractivity contribution in [3.63, 3.8) is 0 Å². The van der Waals surface area contributed by atoms with Gasteiger partial charge in [0.05, 0.1) is 16.4 Å². The molecule has 0 aliphatic carbocycles. The molecule has 1 heterocycles. The van der Waals surface area contributed by atoms with Crippen molar-refractivity contribution in [2.45, 2.75) is 53.1 Å². The van der Waals surface area contributed by atoms with Gasteiger partial charge in [-0.25, -0.2) is 0 Å². The van der Waals surface area contributed by atoms with Crippen LogP contribution in [-0.4, -0.2) is 27.3 Å². The maximum Gasteiger partial charge on any atom is 0.0850 e. The van der Waals surface area contributed by atoms with Crippen molar-refractivity contribution in [2.24, 2.45) is 11.7 Å². The van der Waals surface area contributed by atoms with Gasteiger partial charge in [0.15, 0.2) is 0 Å². The number of halogens is 1. The standard InChI is InChI=1S/C14H26ClN3S/c1-5-12-14(15)13(18(6-2)17-12)7-11(16)9-19-8-10(3)4/h10-11H,5-9,16H2,1-4H3. The van der Waals surface area contributed by atoms with Gasteiger partial charge >= 0.3 is 0 Å². The monoisotopic (exact) mass is 303 g/mol. The predicted octanol–water partition coefficient (Wildman–Crippen LogP) is 3.38. The Morgan fingerprint density at radius 2 is 2.00 bits per heavy atom. The van der Waals surface area contributed by atoms with Crippen LogP contribution >= 0.6 is 23.4 Å². The summed E-state index contributed by atoms with van der Waals surface area (Å²) in [6, 6.07) is 0.146. The summed E-state index contributed by atoms with van der Waals surface area (Å²) in [4.78, 5) is 0. The van der Waals surface area contributed by atoms with Crippen molar-refractivity contribution in [1.82, 2.24) is 9.78 Å². The molecule has 1 aromatic rings. The Morgan fingerprint density at radius 1 is 1.32 bits per heavy atom. The van der Waals surface area contributed by atoms with Gasteiger partial charge in [-0.1, -0.05) is 32.4 Å². The second kappa shape index (κ2) is 8.18. The fraction of sp³-hybridized carbons (Fsp3) is 0.786. The van der Waals surface area contributed by atoms with E-state index < -0.39 is 0 Å². The summed E-state index contributed by atoms with van der Waals surface area (Å²) in [5.74, 6) is 2.85. The summed E-state index contributed by atoms with van der Waals surface area (Å²) in [5, 5.41) is 5.34. The third-order valence-corrected chi connectivity index (χ3v) is 4.94. The summed E-state index contributed by atoms with van der Waals surface area (Å²) >= 11 is 8.31. The van der Waals surface area contributed by atoms with Gasteiger partial charge in [-0.2, -0.15) is 16.9 Å². The van der Waals surface area contributed by atoms with Gasteiger partial charge in [-0.15, -0.1) is 0 Å². The van der Waals surface area contributed by atoms with E-state index in [4.69, 9.17) is 17.3 Å². The number of nitrogens with two attached hydrogens (primary N) is 1. The van der Waals surface area contributed by atoms with Crippen molar-refractivity contribution < 1.29 is 0 Å². The van der Waals surface area contributed by atoms with E-state index in [1.54, 1.807) is 0 Å². The molecule has 1 atom stereocenters. The molecule has 0 aliphatic heterocycles. The molecule has 0 fully saturated rings. The topological polar surface area (TPSA) is 43.8 Å². The van der Waals surface area contributed by atoms with E-state index in [-0.39, 0.29) is 6.04 Å². The van der Waals surface area contributed by atoms with Gasteiger partial charge in [0.25, 0.3) is 0 Å². The van der Waals surface area contributed by atoms with Crippen molar-refractivity contribution in [1.29, 1.82) is 0 Å². The van der Waals surface area contributed by atoms with Crippen LogP contribution in [0, 0.1) is 5.92 Å². The van der Waals surface area contributed by atoms with E-state index in [1.165, 1.54) is 0 Å². The molecule has 1 unspecified atom stereocenters. The highest BCUT2D eigenvalue weighted by atomic mass is 35.5. The van der Waals surface area contributed by atoms with E-state index in [0.29, 0.717) is 5.92 Å². The lowest BCUT2D eigenvalue weighted by Gasteiger charge is -2.13. The van der Waals surface area contributed by atoms with Crippen LogP contribution in [0.5, 0.6) is 0 Å². The van der Waals surface area contributed by atoms with Gasteiger partial charge in [-0.3, -0.25) is 4.68 Å². The minimum Gasteiger partial charge on any atom is -0.327 e. The van der Waals surface area contributed by atoms with Crippen LogP contribution in [0.4, 0.5) is 0 Å². The Hall–Kier alpha value is -0.190. The first-order valence-electron chi connectivity index (χ1n) is 7.06. The van der Waals surface area contributed by atoms with Crippen LogP contribution in [-0.2, 0) is 19.4 Å². The van der Waals surface area contributed by atoms with Crippen molar-refractivity contribution in [2.75, 3.05) is 11.5 Å². The molecular formula is C14H26ClN3S. The molecule has 2 N–H and O–H groups in total. The first kappa shape index (κ1) is 16.9. The average Bonchev–Trinajstić information content (AvgIpc) is 2.66. The van der Waals surface area contributed by atoms with Crippen molar-refractivity contribution >= 4 is 23.4 Å². The molecule has 0 spiro atoms. The molecule has 0 radical (unpaired) electrons. The average molecular weight is 304 g/mol. The quantitative estimate of drug-likeness (QED) is 0.800. The lowest BCUT2D eigenvalue weighted by atomic mass is 10.1. The van der Waals surface area contributed by atoms with E-state index in [1.807, 2.05) is 16.4 Å². The normalized spacial score (nSPS) is 13.2. The lowest BCUT2D eigenvalue weighted by molar-refractivity contribution is 0.591. The molecule has 0 amide bonds. The molecule has 1 aromatic heterocycles. The van der Waals surface area contributed by atoms with Crippen LogP contribution in [0.15, 0.2) is 0 Å². The van der Waals surface area contributed by atoms with Gasteiger partial charge < -0.3 is 5.73 Å². The number of nitrogens with zero attached hydrogens (tertiary/aromatic N) is 2. The van der Waals surface area contributed by atoms with Gasteiger partial charge in [0, 0.05) is 24.8 Å². The SMILES string of the molecule is CCc1nn(CC)c(CC(N)CSCC(C)C)c1Cl. The third-order valence-electron chi connectivity index (χ3n) is 2.93. The molecule has 3 nitrogen and oxygen atoms in total. The number of hydrogen-bond acceptors (Lipinski definition) is 3. The van der Waals surface area contributed by atoms with Gasteiger partial charge in [-0.05, 0) is 25.0 Å². The van der Waals surface area contributed by atoms with Crippen LogP contribution in [0.3, 0.4) is 0 Å². The maximum atomic E-state index is 6.39. The lowest BCUT2D eigenvalue weighted by Crippen LogP contribution is -2.27. The van der Waals surface area contributed by atoms with Crippen molar-refractivity contribution in [3.05, 3.63) is 16.4 Å². The molecule has 0 bridgehead atoms. The first-order chi connectivity index (χ1) is 8.99. The zero-order valence-corrected chi connectivity index (χ0v) is 14.0. The maximum absolute atomic E-state index is 6.39. The van der Waals surface area contributed by atoms with E-state index in [0.717, 1.165) is 47.3 Å². The fourth-order valence-electron chi connectivity index (χ4n) is 1.97. The number of aryl methyl sites for hydroxylation is 2. The van der Waals surface area contributed by atoms with Crippen LogP contribution in [0.1, 0.15) is 39.1 Å². The molecule has 0 aromatic carbocycles. The molecule has 110 valence electrons. The highest BCUT2D eigenvalue weighted by molar-refractivity contribution is 7.99. The van der Waals surface area contributed by atoms with Crippen molar-refractivity contribution in [3.8, 4) is 0 Å².